The van der Waals surface area contributed by atoms with E-state index in [-0.39, 0.29) is 5.56 Å². The van der Waals surface area contributed by atoms with Gasteiger partial charge in [0, 0.05) is 21.3 Å². The molecule has 0 aliphatic rings. The summed E-state index contributed by atoms with van der Waals surface area (Å²) in [7, 11) is 0. The zero-order valence-electron chi connectivity index (χ0n) is 10.2. The van der Waals surface area contributed by atoms with Crippen LogP contribution in [0.2, 0.25) is 0 Å². The fraction of sp³-hybridized carbons (Fsp3) is 0.0714. The van der Waals surface area contributed by atoms with Gasteiger partial charge in [-0.3, -0.25) is 0 Å². The highest BCUT2D eigenvalue weighted by Crippen LogP contribution is 2.29. The monoisotopic (exact) mass is 348 g/mol. The first-order chi connectivity index (χ1) is 9.60. The van der Waals surface area contributed by atoms with E-state index in [1.54, 1.807) is 30.5 Å². The van der Waals surface area contributed by atoms with E-state index in [4.69, 9.17) is 10.4 Å². The predicted molar refractivity (Wildman–Crippen MR) is 79.6 cm³/mol. The highest BCUT2D eigenvalue weighted by Gasteiger charge is 2.11. The molecule has 20 heavy (non-hydrogen) atoms. The minimum atomic E-state index is -0.951. The number of carboxylic acids is 1. The highest BCUT2D eigenvalue weighted by molar-refractivity contribution is 9.10. The van der Waals surface area contributed by atoms with Gasteiger partial charge in [0.05, 0.1) is 5.56 Å². The average molecular weight is 349 g/mol. The van der Waals surface area contributed by atoms with Gasteiger partial charge >= 0.3 is 5.97 Å². The Balaban J connectivity index is 2.20. The maximum atomic E-state index is 11.2. The molecule has 4 nitrogen and oxygen atoms in total. The van der Waals surface area contributed by atoms with Crippen molar-refractivity contribution < 1.29 is 9.90 Å². The fourth-order valence-electron chi connectivity index (χ4n) is 1.58. The number of rotatable bonds is 4. The van der Waals surface area contributed by atoms with Crippen LogP contribution in [-0.4, -0.2) is 16.1 Å². The summed E-state index contributed by atoms with van der Waals surface area (Å²) < 4.78 is 0.831. The number of hydrogen-bond acceptors (Lipinski definition) is 4. The third-order valence-electron chi connectivity index (χ3n) is 2.51. The summed E-state index contributed by atoms with van der Waals surface area (Å²) in [5.74, 6) is -0.374. The Morgan fingerprint density at radius 3 is 2.90 bits per heavy atom. The van der Waals surface area contributed by atoms with E-state index in [2.05, 4.69) is 20.9 Å². The smallest absolute Gasteiger partial charge is 0.336 e. The molecule has 0 saturated heterocycles. The van der Waals surface area contributed by atoms with E-state index in [0.29, 0.717) is 16.3 Å². The van der Waals surface area contributed by atoms with Crippen LogP contribution in [0.25, 0.3) is 0 Å². The van der Waals surface area contributed by atoms with E-state index < -0.39 is 5.97 Å². The molecule has 0 saturated carbocycles. The molecule has 0 amide bonds. The van der Waals surface area contributed by atoms with Crippen LogP contribution < -0.4 is 0 Å². The molecule has 1 N–H and O–H groups in total. The van der Waals surface area contributed by atoms with Gasteiger partial charge in [-0.2, -0.15) is 5.26 Å². The molecule has 0 radical (unpaired) electrons. The van der Waals surface area contributed by atoms with E-state index >= 15 is 0 Å². The summed E-state index contributed by atoms with van der Waals surface area (Å²) >= 11 is 4.75. The first kappa shape index (κ1) is 14.6. The predicted octanol–water partition coefficient (Wildman–Crippen LogP) is 3.71. The van der Waals surface area contributed by atoms with Crippen LogP contribution in [0.3, 0.4) is 0 Å². The minimum Gasteiger partial charge on any atom is -0.478 e. The van der Waals surface area contributed by atoms with Gasteiger partial charge in [-0.1, -0.05) is 15.9 Å². The van der Waals surface area contributed by atoms with Crippen LogP contribution in [0.5, 0.6) is 0 Å². The molecule has 1 aromatic carbocycles. The van der Waals surface area contributed by atoms with E-state index in [1.807, 2.05) is 12.1 Å². The van der Waals surface area contributed by atoms with Gasteiger partial charge in [-0.25, -0.2) is 9.78 Å². The Morgan fingerprint density at radius 2 is 2.20 bits per heavy atom. The second-order valence-electron chi connectivity index (χ2n) is 3.90. The maximum Gasteiger partial charge on any atom is 0.336 e. The van der Waals surface area contributed by atoms with Crippen LogP contribution in [0.15, 0.2) is 45.9 Å². The maximum absolute atomic E-state index is 11.2. The minimum absolute atomic E-state index is 0.271. The van der Waals surface area contributed by atoms with Crippen molar-refractivity contribution in [1.82, 2.24) is 4.98 Å². The summed E-state index contributed by atoms with van der Waals surface area (Å²) in [6.07, 6.45) is 1.58. The molecule has 0 spiro atoms. The molecule has 0 aliphatic carbocycles. The molecule has 1 heterocycles. The lowest BCUT2D eigenvalue weighted by atomic mass is 10.2. The molecule has 1 aromatic heterocycles. The Kier molecular flexibility index (Phi) is 4.77. The van der Waals surface area contributed by atoms with E-state index in [9.17, 15) is 4.79 Å². The topological polar surface area (TPSA) is 74.0 Å². The third-order valence-corrected chi connectivity index (χ3v) is 4.13. The van der Waals surface area contributed by atoms with Crippen molar-refractivity contribution in [2.45, 2.75) is 10.6 Å². The Bertz CT molecular complexity index is 698. The molecule has 0 unspecified atom stereocenters. The van der Waals surface area contributed by atoms with Crippen molar-refractivity contribution in [3.05, 3.63) is 57.8 Å². The van der Waals surface area contributed by atoms with Crippen molar-refractivity contribution in [3.8, 4) is 6.07 Å². The second kappa shape index (κ2) is 6.55. The van der Waals surface area contributed by atoms with Gasteiger partial charge in [-0.15, -0.1) is 11.8 Å². The molecule has 0 atom stereocenters. The standard InChI is InChI=1S/C14H9BrN2O2S/c15-10-1-2-12(14(18)19)13(6-10)20-8-9-3-4-17-11(5-9)7-16/h1-6H,8H2,(H,18,19). The van der Waals surface area contributed by atoms with Gasteiger partial charge in [-0.05, 0) is 35.9 Å². The summed E-state index contributed by atoms with van der Waals surface area (Å²) in [6.45, 7) is 0. The number of nitrogens with zero attached hydrogens (tertiary/aromatic N) is 2. The van der Waals surface area contributed by atoms with E-state index in [1.165, 1.54) is 11.8 Å². The molecule has 100 valence electrons. The normalized spacial score (nSPS) is 10.0. The number of nitriles is 1. The summed E-state index contributed by atoms with van der Waals surface area (Å²) in [6, 6.07) is 10.5. The number of carboxylic acid groups (broad SMARTS) is 1. The van der Waals surface area contributed by atoms with Crippen molar-refractivity contribution in [2.75, 3.05) is 0 Å². The second-order valence-corrected chi connectivity index (χ2v) is 5.83. The number of aromatic nitrogens is 1. The van der Waals surface area contributed by atoms with Crippen LogP contribution in [0.4, 0.5) is 0 Å². The van der Waals surface area contributed by atoms with Gasteiger partial charge in [0.2, 0.25) is 0 Å². The Labute approximate surface area is 128 Å². The van der Waals surface area contributed by atoms with Crippen LogP contribution >= 0.6 is 27.7 Å². The van der Waals surface area contributed by atoms with Gasteiger partial charge in [0.25, 0.3) is 0 Å². The summed E-state index contributed by atoms with van der Waals surface area (Å²) in [5.41, 5.74) is 1.56. The van der Waals surface area contributed by atoms with Crippen molar-refractivity contribution in [1.29, 1.82) is 5.26 Å². The number of hydrogen-bond donors (Lipinski definition) is 1. The SMILES string of the molecule is N#Cc1cc(CSc2cc(Br)ccc2C(=O)O)ccn1. The number of aromatic carboxylic acids is 1. The number of thioether (sulfide) groups is 1. The molecule has 2 rings (SSSR count). The number of benzene rings is 1. The first-order valence-corrected chi connectivity index (χ1v) is 7.38. The number of carbonyl (C=O) groups is 1. The van der Waals surface area contributed by atoms with Crippen LogP contribution in [-0.2, 0) is 5.75 Å². The molecular formula is C14H9BrN2O2S. The number of pyridine rings is 1. The van der Waals surface area contributed by atoms with Crippen molar-refractivity contribution in [3.63, 3.8) is 0 Å². The number of halogens is 1. The first-order valence-electron chi connectivity index (χ1n) is 5.61. The quantitative estimate of drug-likeness (QED) is 0.852. The lowest BCUT2D eigenvalue weighted by molar-refractivity contribution is 0.0693. The summed E-state index contributed by atoms with van der Waals surface area (Å²) in [4.78, 5) is 15.7. The zero-order chi connectivity index (χ0) is 14.5. The molecule has 0 bridgehead atoms. The molecule has 0 aliphatic heterocycles. The van der Waals surface area contributed by atoms with Crippen molar-refractivity contribution >= 4 is 33.7 Å². The van der Waals surface area contributed by atoms with E-state index in [0.717, 1.165) is 10.0 Å². The lowest BCUT2D eigenvalue weighted by Gasteiger charge is -2.06. The summed E-state index contributed by atoms with van der Waals surface area (Å²) in [5, 5.41) is 18.0. The largest absolute Gasteiger partial charge is 0.478 e. The van der Waals surface area contributed by atoms with Gasteiger partial charge in [0.15, 0.2) is 0 Å². The Morgan fingerprint density at radius 1 is 1.40 bits per heavy atom. The molecule has 0 fully saturated rings. The van der Waals surface area contributed by atoms with Crippen molar-refractivity contribution in [2.24, 2.45) is 0 Å². The zero-order valence-corrected chi connectivity index (χ0v) is 12.6. The third kappa shape index (κ3) is 3.59. The molecule has 2 aromatic rings. The Hall–Kier alpha value is -1.84. The van der Waals surface area contributed by atoms with Crippen LogP contribution in [0, 0.1) is 11.3 Å². The molecule has 6 heteroatoms. The lowest BCUT2D eigenvalue weighted by Crippen LogP contribution is -1.98. The molecular weight excluding hydrogens is 340 g/mol. The highest BCUT2D eigenvalue weighted by atomic mass is 79.9. The van der Waals surface area contributed by atoms with Gasteiger partial charge < -0.3 is 5.11 Å². The average Bonchev–Trinajstić information content (AvgIpc) is 2.45. The van der Waals surface area contributed by atoms with Gasteiger partial charge in [0.1, 0.15) is 11.8 Å². The fourth-order valence-corrected chi connectivity index (χ4v) is 3.11. The van der Waals surface area contributed by atoms with Crippen LogP contribution in [0.1, 0.15) is 21.6 Å².